The van der Waals surface area contributed by atoms with Crippen LogP contribution in [0.25, 0.3) is 0 Å². The first-order valence-corrected chi connectivity index (χ1v) is 6.59. The minimum Gasteiger partial charge on any atom is -0.381 e. The van der Waals surface area contributed by atoms with Crippen molar-refractivity contribution in [2.24, 2.45) is 17.6 Å². The number of hydrogen-bond donors (Lipinski definition) is 1. The first kappa shape index (κ1) is 14.1. The van der Waals surface area contributed by atoms with Crippen LogP contribution in [0.3, 0.4) is 0 Å². The predicted octanol–water partition coefficient (Wildman–Crippen LogP) is 1.62. The zero-order valence-corrected chi connectivity index (χ0v) is 10.5. The zero-order chi connectivity index (χ0) is 13.2. The molecule has 3 unspecified atom stereocenters. The summed E-state index contributed by atoms with van der Waals surface area (Å²) in [5, 5.41) is 0. The maximum absolute atomic E-state index is 12.7. The molecule has 18 heavy (non-hydrogen) atoms. The fraction of sp³-hybridized carbons (Fsp3) is 1.00. The quantitative estimate of drug-likeness (QED) is 0.825. The molecule has 3 atom stereocenters. The van der Waals surface area contributed by atoms with E-state index in [2.05, 4.69) is 0 Å². The Morgan fingerprint density at radius 3 is 2.72 bits per heavy atom. The fourth-order valence-corrected chi connectivity index (χ4v) is 2.82. The van der Waals surface area contributed by atoms with E-state index in [0.29, 0.717) is 26.2 Å². The number of halogens is 3. The Hall–Kier alpha value is -0.330. The van der Waals surface area contributed by atoms with Crippen molar-refractivity contribution in [1.82, 2.24) is 4.90 Å². The number of hydrogen-bond acceptors (Lipinski definition) is 3. The van der Waals surface area contributed by atoms with Gasteiger partial charge in [-0.25, -0.2) is 0 Å². The van der Waals surface area contributed by atoms with E-state index in [9.17, 15) is 13.2 Å². The summed E-state index contributed by atoms with van der Waals surface area (Å²) in [6.45, 7) is 2.74. The Morgan fingerprint density at radius 1 is 1.28 bits per heavy atom. The summed E-state index contributed by atoms with van der Waals surface area (Å²) in [5.41, 5.74) is 5.99. The molecule has 0 radical (unpaired) electrons. The third-order valence-electron chi connectivity index (χ3n) is 3.99. The van der Waals surface area contributed by atoms with Gasteiger partial charge in [0.1, 0.15) is 0 Å². The number of likely N-dealkylation sites (tertiary alicyclic amines) is 1. The van der Waals surface area contributed by atoms with E-state index in [4.69, 9.17) is 10.5 Å². The van der Waals surface area contributed by atoms with Crippen molar-refractivity contribution in [1.29, 1.82) is 0 Å². The lowest BCUT2D eigenvalue weighted by Crippen LogP contribution is -2.49. The molecule has 0 aromatic heterocycles. The van der Waals surface area contributed by atoms with Crippen LogP contribution in [0.2, 0.25) is 0 Å². The SMILES string of the molecule is NC1CCOCC1CN1CCCC(C(F)(F)F)C1. The van der Waals surface area contributed by atoms with Gasteiger partial charge in [-0.05, 0) is 25.8 Å². The Bertz CT molecular complexity index is 273. The summed E-state index contributed by atoms with van der Waals surface area (Å²) in [5.74, 6) is -1.00. The van der Waals surface area contributed by atoms with Crippen LogP contribution in [0.15, 0.2) is 0 Å². The van der Waals surface area contributed by atoms with Crippen LogP contribution in [-0.2, 0) is 4.74 Å². The second kappa shape index (κ2) is 5.75. The van der Waals surface area contributed by atoms with Gasteiger partial charge in [-0.2, -0.15) is 13.2 Å². The Kier molecular flexibility index (Phi) is 4.50. The maximum atomic E-state index is 12.7. The third kappa shape index (κ3) is 3.59. The summed E-state index contributed by atoms with van der Waals surface area (Å²) < 4.78 is 43.4. The van der Waals surface area contributed by atoms with Crippen molar-refractivity contribution in [2.75, 3.05) is 32.8 Å². The summed E-state index contributed by atoms with van der Waals surface area (Å²) in [4.78, 5) is 1.90. The summed E-state index contributed by atoms with van der Waals surface area (Å²) >= 11 is 0. The molecule has 0 spiro atoms. The lowest BCUT2D eigenvalue weighted by Gasteiger charge is -2.38. The van der Waals surface area contributed by atoms with Gasteiger partial charge in [0, 0.05) is 31.7 Å². The number of nitrogens with zero attached hydrogens (tertiary/aromatic N) is 1. The average Bonchev–Trinajstić information content (AvgIpc) is 2.31. The Balaban J connectivity index is 1.85. The van der Waals surface area contributed by atoms with E-state index in [1.807, 2.05) is 4.90 Å². The summed E-state index contributed by atoms with van der Waals surface area (Å²) in [6.07, 6.45) is -2.38. The van der Waals surface area contributed by atoms with Crippen molar-refractivity contribution in [3.05, 3.63) is 0 Å². The highest BCUT2D eigenvalue weighted by Gasteiger charge is 2.42. The first-order valence-electron chi connectivity index (χ1n) is 6.59. The normalized spacial score (nSPS) is 35.7. The van der Waals surface area contributed by atoms with Gasteiger partial charge in [0.15, 0.2) is 0 Å². The van der Waals surface area contributed by atoms with Gasteiger partial charge in [-0.1, -0.05) is 0 Å². The summed E-state index contributed by atoms with van der Waals surface area (Å²) in [7, 11) is 0. The molecule has 0 saturated carbocycles. The van der Waals surface area contributed by atoms with Crippen LogP contribution in [0.1, 0.15) is 19.3 Å². The smallest absolute Gasteiger partial charge is 0.381 e. The molecule has 2 fully saturated rings. The van der Waals surface area contributed by atoms with Crippen molar-refractivity contribution in [2.45, 2.75) is 31.5 Å². The molecule has 0 aromatic carbocycles. The molecule has 0 amide bonds. The molecule has 106 valence electrons. The highest BCUT2D eigenvalue weighted by molar-refractivity contribution is 4.83. The predicted molar refractivity (Wildman–Crippen MR) is 62.1 cm³/mol. The monoisotopic (exact) mass is 266 g/mol. The van der Waals surface area contributed by atoms with Gasteiger partial charge in [-0.3, -0.25) is 0 Å². The molecule has 6 heteroatoms. The molecule has 0 bridgehead atoms. The minimum atomic E-state index is -4.07. The molecule has 2 rings (SSSR count). The topological polar surface area (TPSA) is 38.5 Å². The van der Waals surface area contributed by atoms with E-state index >= 15 is 0 Å². The molecule has 2 saturated heterocycles. The second-order valence-corrected chi connectivity index (χ2v) is 5.43. The molecular weight excluding hydrogens is 245 g/mol. The Morgan fingerprint density at radius 2 is 2.06 bits per heavy atom. The van der Waals surface area contributed by atoms with Crippen LogP contribution in [-0.4, -0.2) is 50.0 Å². The van der Waals surface area contributed by atoms with Crippen molar-refractivity contribution >= 4 is 0 Å². The van der Waals surface area contributed by atoms with Gasteiger partial charge in [0.25, 0.3) is 0 Å². The van der Waals surface area contributed by atoms with Crippen molar-refractivity contribution < 1.29 is 17.9 Å². The second-order valence-electron chi connectivity index (χ2n) is 5.43. The maximum Gasteiger partial charge on any atom is 0.393 e. The first-order chi connectivity index (χ1) is 8.47. The van der Waals surface area contributed by atoms with E-state index < -0.39 is 12.1 Å². The molecule has 2 aliphatic rings. The number of rotatable bonds is 2. The number of alkyl halides is 3. The number of nitrogens with two attached hydrogens (primary N) is 1. The number of piperidine rings is 1. The van der Waals surface area contributed by atoms with Gasteiger partial charge < -0.3 is 15.4 Å². The van der Waals surface area contributed by atoms with Gasteiger partial charge in [0.05, 0.1) is 12.5 Å². The summed E-state index contributed by atoms with van der Waals surface area (Å²) in [6, 6.07) is 0.0602. The van der Waals surface area contributed by atoms with E-state index in [1.165, 1.54) is 0 Å². The highest BCUT2D eigenvalue weighted by Crippen LogP contribution is 2.33. The van der Waals surface area contributed by atoms with E-state index in [0.717, 1.165) is 13.0 Å². The third-order valence-corrected chi connectivity index (χ3v) is 3.99. The molecule has 3 nitrogen and oxygen atoms in total. The standard InChI is InChI=1S/C12H21F3N2O/c13-12(14,15)10-2-1-4-17(7-10)6-9-8-18-5-3-11(9)16/h9-11H,1-8,16H2. The van der Waals surface area contributed by atoms with Gasteiger partial charge in [-0.15, -0.1) is 0 Å². The van der Waals surface area contributed by atoms with Gasteiger partial charge in [0.2, 0.25) is 0 Å². The van der Waals surface area contributed by atoms with Crippen molar-refractivity contribution in [3.8, 4) is 0 Å². The molecule has 2 aliphatic heterocycles. The average molecular weight is 266 g/mol. The van der Waals surface area contributed by atoms with Crippen LogP contribution in [0.5, 0.6) is 0 Å². The lowest BCUT2D eigenvalue weighted by molar-refractivity contribution is -0.187. The van der Waals surface area contributed by atoms with Gasteiger partial charge >= 0.3 is 6.18 Å². The van der Waals surface area contributed by atoms with Crippen LogP contribution in [0.4, 0.5) is 13.2 Å². The molecule has 0 aromatic rings. The molecule has 2 N–H and O–H groups in total. The molecule has 0 aliphatic carbocycles. The fourth-order valence-electron chi connectivity index (χ4n) is 2.82. The van der Waals surface area contributed by atoms with Crippen molar-refractivity contribution in [3.63, 3.8) is 0 Å². The van der Waals surface area contributed by atoms with E-state index in [-0.39, 0.29) is 24.9 Å². The van der Waals surface area contributed by atoms with E-state index in [1.54, 1.807) is 0 Å². The molecule has 2 heterocycles. The largest absolute Gasteiger partial charge is 0.393 e. The lowest BCUT2D eigenvalue weighted by atomic mass is 9.93. The zero-order valence-electron chi connectivity index (χ0n) is 10.5. The minimum absolute atomic E-state index is 0.0602. The van der Waals surface area contributed by atoms with Crippen LogP contribution in [0, 0.1) is 11.8 Å². The highest BCUT2D eigenvalue weighted by atomic mass is 19.4. The van der Waals surface area contributed by atoms with Crippen LogP contribution >= 0.6 is 0 Å². The number of ether oxygens (including phenoxy) is 1. The molecular formula is C12H21F3N2O. The van der Waals surface area contributed by atoms with Crippen LogP contribution < -0.4 is 5.73 Å². The Labute approximate surface area is 105 Å².